The molecule has 0 unspecified atom stereocenters. The summed E-state index contributed by atoms with van der Waals surface area (Å²) in [4.78, 5) is 76.2. The molecule has 2 atom stereocenters. The monoisotopic (exact) mass is 953 g/mol. The van der Waals surface area contributed by atoms with E-state index >= 15 is 0 Å². The Kier molecular flexibility index (Phi) is 18.4. The molecule has 6 heterocycles. The van der Waals surface area contributed by atoms with Gasteiger partial charge in [-0.2, -0.15) is 4.98 Å². The van der Waals surface area contributed by atoms with Crippen LogP contribution in [-0.4, -0.2) is 66.3 Å². The number of aryl methyl sites for hydroxylation is 3. The predicted octanol–water partition coefficient (Wildman–Crippen LogP) is 1.48. The van der Waals surface area contributed by atoms with Crippen molar-refractivity contribution in [3.8, 4) is 0 Å². The number of nitrogens with two attached hydrogens (primary N) is 2. The number of amides is 1. The van der Waals surface area contributed by atoms with E-state index < -0.39 is 30.2 Å². The van der Waals surface area contributed by atoms with Crippen LogP contribution in [0.2, 0.25) is 0 Å². The molecule has 20 heteroatoms. The summed E-state index contributed by atoms with van der Waals surface area (Å²) in [5.74, 6) is -4.88. The van der Waals surface area contributed by atoms with Gasteiger partial charge in [0.2, 0.25) is 12.4 Å². The van der Waals surface area contributed by atoms with Gasteiger partial charge in [0.15, 0.2) is 0 Å². The summed E-state index contributed by atoms with van der Waals surface area (Å²) < 4.78 is 0. The molecule has 0 saturated carbocycles. The van der Waals surface area contributed by atoms with Crippen LogP contribution in [0.25, 0.3) is 33.2 Å². The van der Waals surface area contributed by atoms with Crippen LogP contribution < -0.4 is 36.8 Å². The van der Waals surface area contributed by atoms with Crippen molar-refractivity contribution in [2.45, 2.75) is 92.0 Å². The van der Waals surface area contributed by atoms with Crippen LogP contribution in [0.3, 0.4) is 0 Å². The number of nitrogen functional groups attached to an aromatic ring is 2. The first kappa shape index (κ1) is 53.0. The molecular formula is C45H52CoN9O9S. The van der Waals surface area contributed by atoms with Crippen molar-refractivity contribution in [3.05, 3.63) is 104 Å². The van der Waals surface area contributed by atoms with Gasteiger partial charge < -0.3 is 66.6 Å². The van der Waals surface area contributed by atoms with E-state index in [4.69, 9.17) is 31.5 Å². The number of carbonyl (C=O) groups excluding carboxylic acids is 4. The molecule has 2 aliphatic rings. The molecule has 18 nitrogen and oxygen atoms in total. The van der Waals surface area contributed by atoms with Crippen molar-refractivity contribution in [2.24, 2.45) is 0 Å². The molecule has 4 aromatic rings. The molecular weight excluding hydrogens is 902 g/mol. The molecule has 4 aromatic heterocycles. The molecule has 0 radical (unpaired) electrons. The second-order valence-corrected chi connectivity index (χ2v) is 15.7. The molecule has 0 spiro atoms. The van der Waals surface area contributed by atoms with Gasteiger partial charge >= 0.3 is 19.6 Å². The van der Waals surface area contributed by atoms with E-state index in [0.29, 0.717) is 69.0 Å². The molecule has 0 aliphatic carbocycles. The van der Waals surface area contributed by atoms with Crippen molar-refractivity contribution in [3.63, 3.8) is 0 Å². The zero-order valence-electron chi connectivity index (χ0n) is 38.6. The third kappa shape index (κ3) is 11.5. The Bertz CT molecular complexity index is 2760. The standard InChI is InChI=1S/C34H36N4O6.C11H17N5O2S.Co.H2O/c1-7-19-15(3)23-12-25-17(5)21(9-10-29(39)40)32(37-25)22(11-30(41)42)33-31(34(43)44)18(6)26(38-33)14-28-20(8-2)16(4)24(36-28)13-27(19)35-23;1-7(9(19)2-3-17)16(6-18)5-8-4-14-11(13)15-10(8)12;;/h7,12-14,17,21H,1,8-11H2,2-6H3,(H5,35,36,37,38,39,40,41,42,43,44);4,6,17,19H,2-3,5H2,1H3,(H4,12,13,14,15);;1H2/q;;+3;/p-3/b;9-7-;;/t17-,21-;;;/m0.../s1. The Morgan fingerprint density at radius 1 is 0.969 bits per heavy atom. The Balaban J connectivity index is 0.000000832. The van der Waals surface area contributed by atoms with Gasteiger partial charge in [-0.1, -0.05) is 55.3 Å². The van der Waals surface area contributed by atoms with Crippen molar-refractivity contribution in [2.75, 3.05) is 18.1 Å². The van der Waals surface area contributed by atoms with Crippen LogP contribution in [0, 0.1) is 13.8 Å². The molecule has 0 saturated heterocycles. The van der Waals surface area contributed by atoms with E-state index in [1.54, 1.807) is 32.1 Å². The molecule has 1 amide bonds. The van der Waals surface area contributed by atoms with E-state index in [2.05, 4.69) is 34.2 Å². The Morgan fingerprint density at radius 2 is 1.65 bits per heavy atom. The topological polar surface area (TPSA) is 324 Å². The number of carbonyl (C=O) groups is 4. The SMILES string of the molecule is C/C(=C(/S)CCO)N(C=O)Cc1cnc(N)nc1N.C=CC1=C(C)c2cc3nc(c(CC(=O)[O-])c4[n-]c(cc5[n-]c(cc1n2)c(C)c5CC)c(C)c4C(=O)[O-])[C@@H](CCC(=O)[O-])[C@@H]3C.O.[Co+3].[H+].[H+]. The van der Waals surface area contributed by atoms with E-state index in [1.807, 2.05) is 33.8 Å². The number of aliphatic hydroxyl groups excluding tert-OH is 1. The molecule has 7 N–H and O–H groups in total. The summed E-state index contributed by atoms with van der Waals surface area (Å²) in [6, 6.07) is 5.38. The third-order valence-electron chi connectivity index (χ3n) is 11.3. The van der Waals surface area contributed by atoms with Crippen LogP contribution in [0.15, 0.2) is 47.7 Å². The number of hydrogen-bond donors (Lipinski definition) is 4. The van der Waals surface area contributed by atoms with Crippen molar-refractivity contribution >= 4 is 81.9 Å². The van der Waals surface area contributed by atoms with E-state index in [0.717, 1.165) is 22.3 Å². The summed E-state index contributed by atoms with van der Waals surface area (Å²) in [6.45, 7) is 15.2. The van der Waals surface area contributed by atoms with Gasteiger partial charge in [-0.3, -0.25) is 9.78 Å². The summed E-state index contributed by atoms with van der Waals surface area (Å²) in [7, 11) is 0. The smallest absolute Gasteiger partial charge is 0.657 e. The average Bonchev–Trinajstić information content (AvgIpc) is 3.91. The Hall–Kier alpha value is -6.32. The molecule has 346 valence electrons. The zero-order chi connectivity index (χ0) is 46.4. The summed E-state index contributed by atoms with van der Waals surface area (Å²) in [6.07, 6.45) is 3.99. The normalized spacial score (nSPS) is 14.5. The average molecular weight is 954 g/mol. The predicted molar refractivity (Wildman–Crippen MR) is 241 cm³/mol. The van der Waals surface area contributed by atoms with E-state index in [-0.39, 0.29) is 96.7 Å². The molecule has 8 bridgehead atoms. The number of aliphatic carboxylic acids is 2. The van der Waals surface area contributed by atoms with Gasteiger partial charge in [-0.05, 0) is 69.7 Å². The summed E-state index contributed by atoms with van der Waals surface area (Å²) in [5.41, 5.74) is 19.6. The number of aromatic carboxylic acids is 1. The van der Waals surface area contributed by atoms with Crippen LogP contribution in [0.5, 0.6) is 0 Å². The Labute approximate surface area is 393 Å². The van der Waals surface area contributed by atoms with Crippen LogP contribution in [0.4, 0.5) is 11.8 Å². The number of carboxylic acid groups (broad SMARTS) is 3. The van der Waals surface area contributed by atoms with Gasteiger partial charge in [-0.15, -0.1) is 34.7 Å². The number of aliphatic hydroxyl groups is 1. The number of rotatable bonds is 14. The minimum absolute atomic E-state index is 0. The third-order valence-corrected chi connectivity index (χ3v) is 11.9. The minimum atomic E-state index is -1.52. The number of anilines is 2. The van der Waals surface area contributed by atoms with Crippen molar-refractivity contribution in [1.29, 1.82) is 0 Å². The van der Waals surface area contributed by atoms with Gasteiger partial charge in [0.05, 0.1) is 23.9 Å². The maximum Gasteiger partial charge on any atom is 3.00 e. The maximum absolute atomic E-state index is 12.5. The first-order valence-electron chi connectivity index (χ1n) is 20.0. The zero-order valence-corrected chi connectivity index (χ0v) is 38.6. The molecule has 6 rings (SSSR count). The molecule has 65 heavy (non-hydrogen) atoms. The fourth-order valence-electron chi connectivity index (χ4n) is 7.77. The summed E-state index contributed by atoms with van der Waals surface area (Å²) in [5, 5.41) is 45.0. The Morgan fingerprint density at radius 3 is 2.22 bits per heavy atom. The van der Waals surface area contributed by atoms with Crippen LogP contribution >= 0.6 is 12.6 Å². The van der Waals surface area contributed by atoms with Gasteiger partial charge in [0, 0.05) is 82.5 Å². The largest absolute Gasteiger partial charge is 3.00 e. The van der Waals surface area contributed by atoms with E-state index in [9.17, 15) is 34.5 Å². The van der Waals surface area contributed by atoms with Crippen LogP contribution in [-0.2, 0) is 50.5 Å². The summed E-state index contributed by atoms with van der Waals surface area (Å²) >= 11 is 4.24. The minimum Gasteiger partial charge on any atom is -0.657 e. The van der Waals surface area contributed by atoms with Crippen LogP contribution in [0.1, 0.15) is 123 Å². The number of thiol groups is 1. The number of carboxylic acids is 3. The second kappa shape index (κ2) is 22.5. The van der Waals surface area contributed by atoms with E-state index in [1.165, 1.54) is 11.1 Å². The molecule has 0 fully saturated rings. The number of allylic oxidation sites excluding steroid dienone is 4. The quantitative estimate of drug-likeness (QED) is 0.103. The molecule has 2 aliphatic heterocycles. The number of aromatic nitrogens is 6. The second-order valence-electron chi connectivity index (χ2n) is 15.2. The van der Waals surface area contributed by atoms with Gasteiger partial charge in [0.1, 0.15) is 5.82 Å². The number of fused-ring (bicyclic) bond motifs is 8. The number of hydrogen-bond acceptors (Lipinski definition) is 15. The maximum atomic E-state index is 12.5. The fourth-order valence-corrected chi connectivity index (χ4v) is 8.00. The van der Waals surface area contributed by atoms with Crippen molar-refractivity contribution in [1.82, 2.24) is 34.8 Å². The first-order valence-corrected chi connectivity index (χ1v) is 20.5. The van der Waals surface area contributed by atoms with Gasteiger partial charge in [-0.25, -0.2) is 9.97 Å². The van der Waals surface area contributed by atoms with Crippen molar-refractivity contribution < 1.29 is 64.7 Å². The molecule has 0 aromatic carbocycles. The number of nitrogens with zero attached hydrogens (tertiary/aromatic N) is 7. The van der Waals surface area contributed by atoms with Gasteiger partial charge in [0.25, 0.3) is 0 Å². The fraction of sp³-hybridized carbons (Fsp3) is 0.333. The first-order chi connectivity index (χ1) is 29.8.